The highest BCUT2D eigenvalue weighted by Gasteiger charge is 2.39. The van der Waals surface area contributed by atoms with Crippen LogP contribution in [0.3, 0.4) is 0 Å². The Hall–Kier alpha value is -0.640. The van der Waals surface area contributed by atoms with E-state index in [2.05, 4.69) is 19.2 Å². The van der Waals surface area contributed by atoms with Gasteiger partial charge in [0.2, 0.25) is 5.91 Å². The molecule has 0 aromatic heterocycles. The largest absolute Gasteiger partial charge is 0.392 e. The second-order valence-corrected chi connectivity index (χ2v) is 6.34. The number of hydrogen-bond donors (Lipinski definition) is 2. The van der Waals surface area contributed by atoms with Crippen LogP contribution in [0.15, 0.2) is 0 Å². The number of rotatable bonds is 3. The van der Waals surface area contributed by atoms with Crippen molar-refractivity contribution in [2.75, 3.05) is 0 Å². The molecule has 3 N–H and O–H groups in total. The molecule has 1 fully saturated rings. The Morgan fingerprint density at radius 1 is 1.50 bits per heavy atom. The number of hydrogen-bond acceptors (Lipinski definition) is 2. The zero-order valence-electron chi connectivity index (χ0n) is 10.6. The van der Waals surface area contributed by atoms with Gasteiger partial charge in [0.05, 0.1) is 10.4 Å². The van der Waals surface area contributed by atoms with E-state index in [0.717, 1.165) is 12.8 Å². The van der Waals surface area contributed by atoms with E-state index in [-0.39, 0.29) is 22.4 Å². The molecule has 0 heterocycles. The topological polar surface area (TPSA) is 55.1 Å². The summed E-state index contributed by atoms with van der Waals surface area (Å²) in [6.45, 7) is 7.93. The van der Waals surface area contributed by atoms with Crippen molar-refractivity contribution in [1.29, 1.82) is 0 Å². The Kier molecular flexibility index (Phi) is 3.62. The lowest BCUT2D eigenvalue weighted by molar-refractivity contribution is -0.127. The number of nitrogens with two attached hydrogens (primary N) is 1. The van der Waals surface area contributed by atoms with Gasteiger partial charge in [-0.25, -0.2) is 0 Å². The summed E-state index contributed by atoms with van der Waals surface area (Å²) in [5, 5.41) is 3.08. The first-order valence-corrected chi connectivity index (χ1v) is 6.19. The highest BCUT2D eigenvalue weighted by atomic mass is 32.1. The van der Waals surface area contributed by atoms with Crippen molar-refractivity contribution in [3.8, 4) is 0 Å². The molecule has 0 bridgehead atoms. The average Bonchev–Trinajstić information content (AvgIpc) is 2.45. The standard InChI is InChI=1S/C12H22N2OS/c1-11(2)7-5-6-8(11)14-10(15)12(3,4)9(13)16/h8H,5-7H2,1-4H3,(H2,13,16)(H,14,15). The molecule has 0 aliphatic heterocycles. The van der Waals surface area contributed by atoms with E-state index >= 15 is 0 Å². The molecule has 4 heteroatoms. The van der Waals surface area contributed by atoms with Crippen LogP contribution in [0.25, 0.3) is 0 Å². The molecule has 1 unspecified atom stereocenters. The van der Waals surface area contributed by atoms with E-state index in [0.29, 0.717) is 0 Å². The zero-order valence-corrected chi connectivity index (χ0v) is 11.4. The van der Waals surface area contributed by atoms with E-state index in [1.165, 1.54) is 6.42 Å². The first-order chi connectivity index (χ1) is 7.18. The van der Waals surface area contributed by atoms with Gasteiger partial charge >= 0.3 is 0 Å². The van der Waals surface area contributed by atoms with E-state index in [1.807, 2.05) is 0 Å². The maximum absolute atomic E-state index is 12.1. The molecule has 0 spiro atoms. The number of carbonyl (C=O) groups is 1. The summed E-state index contributed by atoms with van der Waals surface area (Å²) in [7, 11) is 0. The number of thiocarbonyl (C=S) groups is 1. The van der Waals surface area contributed by atoms with Gasteiger partial charge in [-0.2, -0.15) is 0 Å². The fraction of sp³-hybridized carbons (Fsp3) is 0.833. The van der Waals surface area contributed by atoms with Crippen molar-refractivity contribution >= 4 is 23.1 Å². The monoisotopic (exact) mass is 242 g/mol. The molecular formula is C12H22N2OS. The van der Waals surface area contributed by atoms with Crippen LogP contribution < -0.4 is 11.1 Å². The maximum Gasteiger partial charge on any atom is 0.232 e. The smallest absolute Gasteiger partial charge is 0.232 e. The maximum atomic E-state index is 12.1. The van der Waals surface area contributed by atoms with Crippen molar-refractivity contribution in [3.05, 3.63) is 0 Å². The third-order valence-electron chi connectivity index (χ3n) is 3.75. The van der Waals surface area contributed by atoms with Gasteiger partial charge in [-0.1, -0.05) is 32.5 Å². The molecule has 1 saturated carbocycles. The van der Waals surface area contributed by atoms with E-state index < -0.39 is 5.41 Å². The Balaban J connectivity index is 2.69. The Labute approximate surface area is 103 Å². The van der Waals surface area contributed by atoms with Gasteiger partial charge in [0, 0.05) is 6.04 Å². The summed E-state index contributed by atoms with van der Waals surface area (Å²) in [5.74, 6) is -0.0556. The molecule has 16 heavy (non-hydrogen) atoms. The molecule has 0 radical (unpaired) electrons. The van der Waals surface area contributed by atoms with Gasteiger partial charge < -0.3 is 11.1 Å². The molecule has 0 saturated heterocycles. The second kappa shape index (κ2) is 4.32. The fourth-order valence-electron chi connectivity index (χ4n) is 2.04. The molecule has 0 aromatic carbocycles. The van der Waals surface area contributed by atoms with Crippen LogP contribution in [0.1, 0.15) is 47.0 Å². The van der Waals surface area contributed by atoms with Crippen LogP contribution in [-0.4, -0.2) is 16.9 Å². The zero-order chi connectivity index (χ0) is 12.6. The lowest BCUT2D eigenvalue weighted by Gasteiger charge is -2.31. The minimum atomic E-state index is -0.756. The summed E-state index contributed by atoms with van der Waals surface area (Å²) in [5.41, 5.74) is 5.01. The third kappa shape index (κ3) is 2.54. The van der Waals surface area contributed by atoms with Gasteiger partial charge in [0.25, 0.3) is 0 Å². The van der Waals surface area contributed by atoms with Gasteiger partial charge in [0.1, 0.15) is 0 Å². The van der Waals surface area contributed by atoms with Crippen molar-refractivity contribution < 1.29 is 4.79 Å². The predicted octanol–water partition coefficient (Wildman–Crippen LogP) is 1.99. The molecule has 1 rings (SSSR count). The SMILES string of the molecule is CC(C)(C(=O)NC1CCCC1(C)C)C(N)=S. The second-order valence-electron chi connectivity index (χ2n) is 5.90. The first kappa shape index (κ1) is 13.4. The summed E-state index contributed by atoms with van der Waals surface area (Å²) < 4.78 is 0. The minimum Gasteiger partial charge on any atom is -0.392 e. The lowest BCUT2D eigenvalue weighted by Crippen LogP contribution is -2.50. The van der Waals surface area contributed by atoms with Crippen LogP contribution in [0.2, 0.25) is 0 Å². The molecule has 1 atom stereocenters. The molecule has 1 aliphatic carbocycles. The van der Waals surface area contributed by atoms with Crippen LogP contribution in [-0.2, 0) is 4.79 Å². The summed E-state index contributed by atoms with van der Waals surface area (Å²) >= 11 is 4.92. The van der Waals surface area contributed by atoms with Crippen molar-refractivity contribution in [1.82, 2.24) is 5.32 Å². The minimum absolute atomic E-state index is 0.0556. The van der Waals surface area contributed by atoms with Gasteiger partial charge in [0.15, 0.2) is 0 Å². The molecule has 3 nitrogen and oxygen atoms in total. The summed E-state index contributed by atoms with van der Waals surface area (Å²) in [6.07, 6.45) is 3.38. The van der Waals surface area contributed by atoms with Gasteiger partial charge in [-0.05, 0) is 32.1 Å². The molecule has 1 aliphatic rings. The molecule has 92 valence electrons. The number of carbonyl (C=O) groups excluding carboxylic acids is 1. The van der Waals surface area contributed by atoms with Crippen LogP contribution >= 0.6 is 12.2 Å². The van der Waals surface area contributed by atoms with Crippen molar-refractivity contribution in [2.24, 2.45) is 16.6 Å². The summed E-state index contributed by atoms with van der Waals surface area (Å²) in [4.78, 5) is 12.3. The normalized spacial score (nSPS) is 24.1. The van der Waals surface area contributed by atoms with Crippen molar-refractivity contribution in [3.63, 3.8) is 0 Å². The van der Waals surface area contributed by atoms with E-state index in [9.17, 15) is 4.79 Å². The van der Waals surface area contributed by atoms with Gasteiger partial charge in [-0.15, -0.1) is 0 Å². The highest BCUT2D eigenvalue weighted by Crippen LogP contribution is 2.37. The third-order valence-corrected chi connectivity index (χ3v) is 4.26. The molecule has 1 amide bonds. The van der Waals surface area contributed by atoms with Crippen molar-refractivity contribution in [2.45, 2.75) is 53.0 Å². The van der Waals surface area contributed by atoms with Crippen LogP contribution in [0.5, 0.6) is 0 Å². The quantitative estimate of drug-likeness (QED) is 0.744. The van der Waals surface area contributed by atoms with Gasteiger partial charge in [-0.3, -0.25) is 4.79 Å². The average molecular weight is 242 g/mol. The summed E-state index contributed by atoms with van der Waals surface area (Å²) in [6, 6.07) is 0.244. The Morgan fingerprint density at radius 2 is 2.06 bits per heavy atom. The molecule has 0 aromatic rings. The number of amides is 1. The Bertz CT molecular complexity index is 310. The lowest BCUT2D eigenvalue weighted by atomic mass is 9.85. The number of nitrogens with one attached hydrogen (secondary N) is 1. The Morgan fingerprint density at radius 3 is 2.44 bits per heavy atom. The fourth-order valence-corrected chi connectivity index (χ4v) is 2.14. The molecular weight excluding hydrogens is 220 g/mol. The van der Waals surface area contributed by atoms with Crippen LogP contribution in [0.4, 0.5) is 0 Å². The van der Waals surface area contributed by atoms with E-state index in [4.69, 9.17) is 18.0 Å². The first-order valence-electron chi connectivity index (χ1n) is 5.79. The van der Waals surface area contributed by atoms with E-state index in [1.54, 1.807) is 13.8 Å². The predicted molar refractivity (Wildman–Crippen MR) is 70.1 cm³/mol. The highest BCUT2D eigenvalue weighted by molar-refractivity contribution is 7.80. The van der Waals surface area contributed by atoms with Crippen LogP contribution in [0, 0.1) is 10.8 Å².